The van der Waals surface area contributed by atoms with E-state index < -0.39 is 6.10 Å². The number of hydrogen-bond donors (Lipinski definition) is 2. The van der Waals surface area contributed by atoms with Crippen LogP contribution < -0.4 is 10.2 Å². The minimum absolute atomic E-state index is 0.196. The van der Waals surface area contributed by atoms with Crippen molar-refractivity contribution in [2.75, 3.05) is 18.5 Å². The summed E-state index contributed by atoms with van der Waals surface area (Å²) >= 11 is 0. The van der Waals surface area contributed by atoms with E-state index in [0.717, 1.165) is 0 Å². The molecule has 0 bridgehead atoms. The van der Waals surface area contributed by atoms with Crippen LogP contribution in [0.5, 0.6) is 0 Å². The number of benzene rings is 1. The van der Waals surface area contributed by atoms with E-state index in [1.807, 2.05) is 6.07 Å². The van der Waals surface area contributed by atoms with Gasteiger partial charge in [-0.3, -0.25) is 4.90 Å². The lowest BCUT2D eigenvalue weighted by atomic mass is 10.2. The predicted octanol–water partition coefficient (Wildman–Crippen LogP) is 1.08. The van der Waals surface area contributed by atoms with Gasteiger partial charge in [0.15, 0.2) is 0 Å². The van der Waals surface area contributed by atoms with E-state index in [0.29, 0.717) is 11.3 Å². The third-order valence-corrected chi connectivity index (χ3v) is 2.22. The predicted molar refractivity (Wildman–Crippen MR) is 64.6 cm³/mol. The first kappa shape index (κ1) is 13.0. The van der Waals surface area contributed by atoms with Gasteiger partial charge in [-0.25, -0.2) is 4.79 Å². The van der Waals surface area contributed by atoms with Gasteiger partial charge in [0.25, 0.3) is 0 Å². The van der Waals surface area contributed by atoms with Crippen molar-refractivity contribution in [2.45, 2.75) is 13.0 Å². The maximum atomic E-state index is 11.7. The molecule has 1 atom stereocenters. The first-order chi connectivity index (χ1) is 8.04. The van der Waals surface area contributed by atoms with Gasteiger partial charge in [0.2, 0.25) is 0 Å². The molecule has 5 heteroatoms. The van der Waals surface area contributed by atoms with Crippen LogP contribution >= 0.6 is 0 Å². The SMILES string of the molecule is C[C@H](O)CNC(=O)N(C)c1cccc(C#N)c1. The normalized spacial score (nSPS) is 11.4. The van der Waals surface area contributed by atoms with Gasteiger partial charge in [-0.05, 0) is 25.1 Å². The fraction of sp³-hybridized carbons (Fsp3) is 0.333. The Bertz CT molecular complexity index is 438. The molecular weight excluding hydrogens is 218 g/mol. The van der Waals surface area contributed by atoms with E-state index in [4.69, 9.17) is 10.4 Å². The Kier molecular flexibility index (Phi) is 4.49. The molecule has 0 saturated heterocycles. The number of anilines is 1. The molecule has 0 fully saturated rings. The first-order valence-corrected chi connectivity index (χ1v) is 5.24. The van der Waals surface area contributed by atoms with Crippen LogP contribution in [0.1, 0.15) is 12.5 Å². The topological polar surface area (TPSA) is 76.4 Å². The molecule has 0 aromatic heterocycles. The van der Waals surface area contributed by atoms with Gasteiger partial charge in [0.05, 0.1) is 17.7 Å². The fourth-order valence-corrected chi connectivity index (χ4v) is 1.25. The fourth-order valence-electron chi connectivity index (χ4n) is 1.25. The van der Waals surface area contributed by atoms with Gasteiger partial charge in [0.1, 0.15) is 0 Å². The number of amides is 2. The Morgan fingerprint density at radius 3 is 2.94 bits per heavy atom. The van der Waals surface area contributed by atoms with E-state index in [1.165, 1.54) is 4.90 Å². The van der Waals surface area contributed by atoms with Crippen LogP contribution in [-0.4, -0.2) is 30.8 Å². The average Bonchev–Trinajstić information content (AvgIpc) is 2.35. The van der Waals surface area contributed by atoms with Crippen molar-refractivity contribution in [3.8, 4) is 6.07 Å². The van der Waals surface area contributed by atoms with Crippen LogP contribution in [0.2, 0.25) is 0 Å². The van der Waals surface area contributed by atoms with E-state index in [1.54, 1.807) is 38.2 Å². The largest absolute Gasteiger partial charge is 0.392 e. The minimum atomic E-state index is -0.585. The number of urea groups is 1. The molecule has 1 aromatic carbocycles. The highest BCUT2D eigenvalue weighted by Crippen LogP contribution is 2.14. The molecular formula is C12H15N3O2. The van der Waals surface area contributed by atoms with Crippen molar-refractivity contribution in [2.24, 2.45) is 0 Å². The van der Waals surface area contributed by atoms with Gasteiger partial charge >= 0.3 is 6.03 Å². The summed E-state index contributed by atoms with van der Waals surface area (Å²) < 4.78 is 0. The Morgan fingerprint density at radius 2 is 2.35 bits per heavy atom. The summed E-state index contributed by atoms with van der Waals surface area (Å²) in [5.41, 5.74) is 1.13. The van der Waals surface area contributed by atoms with Crippen molar-refractivity contribution < 1.29 is 9.90 Å². The number of rotatable bonds is 3. The molecule has 0 saturated carbocycles. The van der Waals surface area contributed by atoms with Crippen LogP contribution in [0.4, 0.5) is 10.5 Å². The van der Waals surface area contributed by atoms with Crippen molar-refractivity contribution in [1.82, 2.24) is 5.32 Å². The second kappa shape index (κ2) is 5.87. The van der Waals surface area contributed by atoms with Gasteiger partial charge in [-0.1, -0.05) is 6.07 Å². The van der Waals surface area contributed by atoms with E-state index in [-0.39, 0.29) is 12.6 Å². The first-order valence-electron chi connectivity index (χ1n) is 5.24. The van der Waals surface area contributed by atoms with Crippen molar-refractivity contribution in [3.63, 3.8) is 0 Å². The second-order valence-electron chi connectivity index (χ2n) is 3.76. The zero-order chi connectivity index (χ0) is 12.8. The van der Waals surface area contributed by atoms with E-state index in [9.17, 15) is 4.79 Å². The van der Waals surface area contributed by atoms with Crippen molar-refractivity contribution >= 4 is 11.7 Å². The lowest BCUT2D eigenvalue weighted by Gasteiger charge is -2.18. The smallest absolute Gasteiger partial charge is 0.321 e. The standard InChI is InChI=1S/C12H15N3O2/c1-9(16)8-14-12(17)15(2)11-5-3-4-10(6-11)7-13/h3-6,9,16H,8H2,1-2H3,(H,14,17)/t9-/m0/s1. The molecule has 0 spiro atoms. The van der Waals surface area contributed by atoms with Gasteiger partial charge in [-0.15, -0.1) is 0 Å². The summed E-state index contributed by atoms with van der Waals surface area (Å²) in [4.78, 5) is 13.1. The summed E-state index contributed by atoms with van der Waals surface area (Å²) in [6, 6.07) is 8.45. The van der Waals surface area contributed by atoms with Gasteiger partial charge in [-0.2, -0.15) is 5.26 Å². The summed E-state index contributed by atoms with van der Waals surface area (Å²) in [5, 5.41) is 20.4. The van der Waals surface area contributed by atoms with Crippen molar-refractivity contribution in [1.29, 1.82) is 5.26 Å². The Labute approximate surface area is 100 Å². The number of aliphatic hydroxyl groups excluding tert-OH is 1. The maximum absolute atomic E-state index is 11.7. The number of hydrogen-bond acceptors (Lipinski definition) is 3. The summed E-state index contributed by atoms with van der Waals surface area (Å²) in [5.74, 6) is 0. The van der Waals surface area contributed by atoms with Crippen LogP contribution in [-0.2, 0) is 0 Å². The van der Waals surface area contributed by atoms with Gasteiger partial charge in [0, 0.05) is 19.3 Å². The molecule has 0 radical (unpaired) electrons. The molecule has 0 unspecified atom stereocenters. The molecule has 0 aliphatic rings. The quantitative estimate of drug-likeness (QED) is 0.820. The molecule has 1 rings (SSSR count). The van der Waals surface area contributed by atoms with Crippen molar-refractivity contribution in [3.05, 3.63) is 29.8 Å². The molecule has 1 aromatic rings. The monoisotopic (exact) mass is 233 g/mol. The number of nitrogens with zero attached hydrogens (tertiary/aromatic N) is 2. The van der Waals surface area contributed by atoms with Crippen LogP contribution in [0, 0.1) is 11.3 Å². The highest BCUT2D eigenvalue weighted by atomic mass is 16.3. The molecule has 5 nitrogen and oxygen atoms in total. The van der Waals surface area contributed by atoms with E-state index in [2.05, 4.69) is 5.32 Å². The molecule has 2 N–H and O–H groups in total. The highest BCUT2D eigenvalue weighted by molar-refractivity contribution is 5.91. The second-order valence-corrected chi connectivity index (χ2v) is 3.76. The summed E-state index contributed by atoms with van der Waals surface area (Å²) in [6.45, 7) is 1.79. The molecule has 0 aliphatic heterocycles. The molecule has 90 valence electrons. The molecule has 0 heterocycles. The summed E-state index contributed by atoms with van der Waals surface area (Å²) in [6.07, 6.45) is -0.585. The Hall–Kier alpha value is -2.06. The van der Waals surface area contributed by atoms with Gasteiger partial charge < -0.3 is 10.4 Å². The number of aliphatic hydroxyl groups is 1. The number of nitrogens with one attached hydrogen (secondary N) is 1. The Morgan fingerprint density at radius 1 is 1.65 bits per heavy atom. The Balaban J connectivity index is 2.71. The number of nitriles is 1. The van der Waals surface area contributed by atoms with Crippen LogP contribution in [0.15, 0.2) is 24.3 Å². The summed E-state index contributed by atoms with van der Waals surface area (Å²) in [7, 11) is 1.61. The minimum Gasteiger partial charge on any atom is -0.392 e. The molecule has 0 aliphatic carbocycles. The lowest BCUT2D eigenvalue weighted by Crippen LogP contribution is -2.40. The zero-order valence-electron chi connectivity index (χ0n) is 9.84. The number of carbonyl (C=O) groups excluding carboxylic acids is 1. The lowest BCUT2D eigenvalue weighted by molar-refractivity contribution is 0.189. The molecule has 2 amide bonds. The van der Waals surface area contributed by atoms with Crippen LogP contribution in [0.25, 0.3) is 0 Å². The third kappa shape index (κ3) is 3.78. The average molecular weight is 233 g/mol. The number of carbonyl (C=O) groups is 1. The zero-order valence-corrected chi connectivity index (χ0v) is 9.84. The highest BCUT2D eigenvalue weighted by Gasteiger charge is 2.11. The maximum Gasteiger partial charge on any atom is 0.321 e. The third-order valence-electron chi connectivity index (χ3n) is 2.22. The van der Waals surface area contributed by atoms with E-state index >= 15 is 0 Å². The van der Waals surface area contributed by atoms with Crippen LogP contribution in [0.3, 0.4) is 0 Å². The molecule has 17 heavy (non-hydrogen) atoms.